The van der Waals surface area contributed by atoms with Crippen LogP contribution in [0.3, 0.4) is 0 Å². The molecule has 0 aromatic heterocycles. The van der Waals surface area contributed by atoms with Gasteiger partial charge in [0.15, 0.2) is 5.69 Å². The van der Waals surface area contributed by atoms with Gasteiger partial charge in [-0.05, 0) is 38.1 Å². The van der Waals surface area contributed by atoms with Gasteiger partial charge in [0.1, 0.15) is 5.54 Å². The van der Waals surface area contributed by atoms with E-state index in [1.54, 1.807) is 29.2 Å². The molecule has 6 heteroatoms. The fourth-order valence-electron chi connectivity index (χ4n) is 4.70. The van der Waals surface area contributed by atoms with Gasteiger partial charge in [-0.25, -0.2) is 9.64 Å². The maximum Gasteiger partial charge on any atom is 0.332 e. The van der Waals surface area contributed by atoms with E-state index in [0.29, 0.717) is 22.6 Å². The van der Waals surface area contributed by atoms with Crippen molar-refractivity contribution in [3.8, 4) is 0 Å². The molecule has 1 spiro atoms. The van der Waals surface area contributed by atoms with Gasteiger partial charge in [0, 0.05) is 16.9 Å². The number of aryl methyl sites for hydroxylation is 2. The third-order valence-electron chi connectivity index (χ3n) is 6.41. The molecule has 5 rings (SSSR count). The van der Waals surface area contributed by atoms with Crippen LogP contribution in [0.5, 0.6) is 0 Å². The number of hydrogen-bond acceptors (Lipinski definition) is 3. The van der Waals surface area contributed by atoms with Crippen molar-refractivity contribution in [2.24, 2.45) is 0 Å². The lowest BCUT2D eigenvalue weighted by atomic mass is 9.78. The quantitative estimate of drug-likeness (QED) is 0.607. The normalized spacial score (nSPS) is 21.5. The fourth-order valence-corrected chi connectivity index (χ4v) is 4.70. The number of carbonyl (C=O) groups excluding carboxylic acids is 1. The number of ether oxygens (including phenoxy) is 1. The molecule has 6 nitrogen and oxygen atoms in total. The number of rotatable bonds is 3. The third-order valence-corrected chi connectivity index (χ3v) is 6.41. The van der Waals surface area contributed by atoms with Gasteiger partial charge >= 0.3 is 6.03 Å². The largest absolute Gasteiger partial charge is 0.376 e. The lowest BCUT2D eigenvalue weighted by molar-refractivity contribution is -0.153. The van der Waals surface area contributed by atoms with E-state index in [1.807, 2.05) is 62.4 Å². The van der Waals surface area contributed by atoms with Crippen molar-refractivity contribution in [2.45, 2.75) is 25.1 Å². The lowest BCUT2D eigenvalue weighted by Gasteiger charge is -2.51. The number of benzene rings is 3. The summed E-state index contributed by atoms with van der Waals surface area (Å²) in [5.41, 5.74) is 1.72. The molecule has 1 N–H and O–H groups in total. The number of nitrogens with zero attached hydrogens (tertiary/aromatic N) is 3. The summed E-state index contributed by atoms with van der Waals surface area (Å²) in [7, 11) is 0. The highest BCUT2D eigenvalue weighted by Crippen LogP contribution is 2.54. The predicted octanol–water partition coefficient (Wildman–Crippen LogP) is 4.92. The van der Waals surface area contributed by atoms with Crippen LogP contribution in [0.2, 0.25) is 0 Å². The van der Waals surface area contributed by atoms with Gasteiger partial charge in [-0.3, -0.25) is 9.80 Å². The molecule has 2 heterocycles. The first-order valence-corrected chi connectivity index (χ1v) is 10.5. The topological polar surface area (TPSA) is 57.4 Å². The summed E-state index contributed by atoms with van der Waals surface area (Å²) >= 11 is 0. The minimum atomic E-state index is -1.67. The summed E-state index contributed by atoms with van der Waals surface area (Å²) in [5, 5.41) is 12.5. The van der Waals surface area contributed by atoms with E-state index in [4.69, 9.17) is 11.3 Å². The number of aliphatic hydroxyl groups is 1. The monoisotopic (exact) mass is 425 g/mol. The molecule has 1 unspecified atom stereocenters. The minimum absolute atomic E-state index is 0.202. The maximum atomic E-state index is 14.0. The maximum absolute atomic E-state index is 14.0. The number of amides is 2. The summed E-state index contributed by atoms with van der Waals surface area (Å²) in [6.45, 7) is 11.6. The lowest BCUT2D eigenvalue weighted by Crippen LogP contribution is -2.70. The van der Waals surface area contributed by atoms with E-state index >= 15 is 0 Å². The summed E-state index contributed by atoms with van der Waals surface area (Å²) in [4.78, 5) is 20.6. The fraction of sp³-hybridized carbons (Fsp3) is 0.231. The summed E-state index contributed by atoms with van der Waals surface area (Å²) in [6.07, 6.45) is 0. The molecule has 2 saturated heterocycles. The van der Waals surface area contributed by atoms with E-state index in [9.17, 15) is 9.90 Å². The molecule has 3 aromatic carbocycles. The van der Waals surface area contributed by atoms with Gasteiger partial charge in [0.2, 0.25) is 5.72 Å². The molecule has 0 radical (unpaired) electrons. The van der Waals surface area contributed by atoms with Gasteiger partial charge in [0.25, 0.3) is 0 Å². The molecule has 0 aliphatic carbocycles. The summed E-state index contributed by atoms with van der Waals surface area (Å²) < 4.78 is 5.63. The molecule has 0 saturated carbocycles. The highest BCUT2D eigenvalue weighted by molar-refractivity contribution is 6.10. The Morgan fingerprint density at radius 3 is 2.09 bits per heavy atom. The van der Waals surface area contributed by atoms with Gasteiger partial charge in [-0.2, -0.15) is 0 Å². The van der Waals surface area contributed by atoms with E-state index in [2.05, 4.69) is 4.85 Å². The average molecular weight is 425 g/mol. The minimum Gasteiger partial charge on any atom is -0.376 e. The van der Waals surface area contributed by atoms with Crippen LogP contribution in [0.25, 0.3) is 4.85 Å². The first-order valence-electron chi connectivity index (χ1n) is 10.5. The van der Waals surface area contributed by atoms with Crippen LogP contribution < -0.4 is 9.80 Å². The second-order valence-electron chi connectivity index (χ2n) is 8.48. The SMILES string of the molecule is [C-]#[N+]c1ccc(N2C(=O)N(c3ccc(C)cc3)C3(COC3)C2(O)c2cccc(C)c2)cc1. The zero-order chi connectivity index (χ0) is 22.5. The Kier molecular flexibility index (Phi) is 4.55. The Labute approximate surface area is 187 Å². The number of hydrogen-bond donors (Lipinski definition) is 1. The van der Waals surface area contributed by atoms with Crippen molar-refractivity contribution < 1.29 is 14.6 Å². The van der Waals surface area contributed by atoms with Crippen LogP contribution in [0.4, 0.5) is 21.9 Å². The van der Waals surface area contributed by atoms with Crippen molar-refractivity contribution in [1.82, 2.24) is 0 Å². The van der Waals surface area contributed by atoms with Crippen LogP contribution in [0.15, 0.2) is 72.8 Å². The highest BCUT2D eigenvalue weighted by atomic mass is 16.5. The zero-order valence-corrected chi connectivity index (χ0v) is 17.9. The Morgan fingerprint density at radius 2 is 1.53 bits per heavy atom. The first-order chi connectivity index (χ1) is 15.4. The Bertz CT molecular complexity index is 1230. The van der Waals surface area contributed by atoms with Gasteiger partial charge < -0.3 is 9.84 Å². The molecule has 160 valence electrons. The second-order valence-corrected chi connectivity index (χ2v) is 8.48. The molecular weight excluding hydrogens is 402 g/mol. The van der Waals surface area contributed by atoms with E-state index in [1.165, 1.54) is 4.90 Å². The molecule has 0 bridgehead atoms. The number of carbonyl (C=O) groups is 1. The van der Waals surface area contributed by atoms with Crippen molar-refractivity contribution in [3.63, 3.8) is 0 Å². The van der Waals surface area contributed by atoms with Crippen molar-refractivity contribution >= 4 is 23.1 Å². The van der Waals surface area contributed by atoms with Crippen LogP contribution in [0, 0.1) is 20.4 Å². The Hall–Kier alpha value is -3.66. The number of anilines is 2. The van der Waals surface area contributed by atoms with Crippen LogP contribution in [-0.2, 0) is 10.5 Å². The summed E-state index contributed by atoms with van der Waals surface area (Å²) in [6, 6.07) is 21.7. The third kappa shape index (κ3) is 2.69. The van der Waals surface area contributed by atoms with Crippen LogP contribution in [0.1, 0.15) is 16.7 Å². The van der Waals surface area contributed by atoms with Gasteiger partial charge in [0.05, 0.1) is 19.8 Å². The standard InChI is InChI=1S/C26H23N3O3/c1-18-7-11-22(12-8-18)28-24(30)29(23-13-9-21(27-3)10-14-23)26(31,25(28)16-32-17-25)20-6-4-5-19(2)15-20/h4-15,31H,16-17H2,1-2H3. The van der Waals surface area contributed by atoms with Crippen molar-refractivity contribution in [3.05, 3.63) is 101 Å². The highest BCUT2D eigenvalue weighted by Gasteiger charge is 2.72. The summed E-state index contributed by atoms with van der Waals surface area (Å²) in [5.74, 6) is 0. The molecule has 2 amide bonds. The molecule has 2 aliphatic heterocycles. The van der Waals surface area contributed by atoms with Crippen LogP contribution in [-0.4, -0.2) is 29.9 Å². The molecular formula is C26H23N3O3. The van der Waals surface area contributed by atoms with Crippen LogP contribution >= 0.6 is 0 Å². The second kappa shape index (κ2) is 7.20. The Morgan fingerprint density at radius 1 is 0.906 bits per heavy atom. The average Bonchev–Trinajstić information content (AvgIpc) is 2.99. The van der Waals surface area contributed by atoms with Gasteiger partial charge in [-0.15, -0.1) is 0 Å². The Balaban J connectivity index is 1.75. The smallest absolute Gasteiger partial charge is 0.332 e. The van der Waals surface area contributed by atoms with Gasteiger partial charge in [-0.1, -0.05) is 59.7 Å². The first kappa shape index (κ1) is 20.3. The molecule has 2 aliphatic rings. The molecule has 2 fully saturated rings. The number of urea groups is 1. The van der Waals surface area contributed by atoms with Crippen molar-refractivity contribution in [2.75, 3.05) is 23.0 Å². The van der Waals surface area contributed by atoms with E-state index in [-0.39, 0.29) is 19.2 Å². The van der Waals surface area contributed by atoms with E-state index in [0.717, 1.165) is 11.1 Å². The molecule has 1 atom stereocenters. The van der Waals surface area contributed by atoms with Crippen molar-refractivity contribution in [1.29, 1.82) is 0 Å². The molecule has 3 aromatic rings. The zero-order valence-electron chi connectivity index (χ0n) is 17.9. The molecule has 32 heavy (non-hydrogen) atoms. The van der Waals surface area contributed by atoms with E-state index < -0.39 is 11.3 Å². The predicted molar refractivity (Wildman–Crippen MR) is 123 cm³/mol.